The van der Waals surface area contributed by atoms with Crippen molar-refractivity contribution in [2.75, 3.05) is 32.1 Å². The number of likely N-dealkylation sites (N-methyl/N-ethyl adjacent to an activating group) is 1. The minimum Gasteiger partial charge on any atom is -0.497 e. The predicted octanol–water partition coefficient (Wildman–Crippen LogP) is 5.90. The minimum absolute atomic E-state index is 0.0322. The smallest absolute Gasteiger partial charge is 0.264 e. The largest absolute Gasteiger partial charge is 0.497 e. The van der Waals surface area contributed by atoms with Gasteiger partial charge < -0.3 is 19.7 Å². The average Bonchev–Trinajstić information content (AvgIpc) is 3.05. The van der Waals surface area contributed by atoms with E-state index in [1.807, 2.05) is 37.3 Å². The summed E-state index contributed by atoms with van der Waals surface area (Å²) >= 11 is 12.7. The second-order valence-electron chi connectivity index (χ2n) is 10.4. The first-order valence-corrected chi connectivity index (χ1v) is 16.5. The Morgan fingerprint density at radius 1 is 0.891 bits per heavy atom. The molecule has 0 saturated carbocycles. The fourth-order valence-corrected chi connectivity index (χ4v) is 6.78. The highest BCUT2D eigenvalue weighted by atomic mass is 35.5. The Labute approximate surface area is 279 Å². The second kappa shape index (κ2) is 15.4. The maximum absolute atomic E-state index is 14.5. The third kappa shape index (κ3) is 8.12. The summed E-state index contributed by atoms with van der Waals surface area (Å²) in [7, 11) is -0.0162. The van der Waals surface area contributed by atoms with Crippen molar-refractivity contribution in [3.8, 4) is 11.5 Å². The number of nitrogens with one attached hydrogen (secondary N) is 1. The molecule has 0 aliphatic carbocycles. The Hall–Kier alpha value is -4.25. The molecule has 12 heteroatoms. The van der Waals surface area contributed by atoms with Crippen LogP contribution in [0.2, 0.25) is 10.0 Å². The van der Waals surface area contributed by atoms with Crippen molar-refractivity contribution in [2.45, 2.75) is 30.8 Å². The van der Waals surface area contributed by atoms with E-state index in [0.29, 0.717) is 21.4 Å². The summed E-state index contributed by atoms with van der Waals surface area (Å²) in [5, 5.41) is 3.35. The molecule has 0 bridgehead atoms. The summed E-state index contributed by atoms with van der Waals surface area (Å²) in [6, 6.07) is 24.0. The molecular weight excluding hydrogens is 649 g/mol. The van der Waals surface area contributed by atoms with E-state index in [2.05, 4.69) is 5.32 Å². The van der Waals surface area contributed by atoms with E-state index >= 15 is 0 Å². The van der Waals surface area contributed by atoms with E-state index in [0.717, 1.165) is 15.4 Å². The number of amides is 2. The molecule has 46 heavy (non-hydrogen) atoms. The standard InChI is InChI=1S/C34H35Cl2N3O6S/c1-23-10-15-28(16-11-23)46(42,43)39(30-20-27(44-3)14-17-32(30)45-4)22-33(40)38(21-25-12-13-26(35)19-29(25)36)31(34(41)37-2)18-24-8-6-5-7-9-24/h5-17,19-20,31H,18,21-22H2,1-4H3,(H,37,41)/t31-/m0/s1. The quantitative estimate of drug-likeness (QED) is 0.188. The van der Waals surface area contributed by atoms with Gasteiger partial charge in [-0.1, -0.05) is 77.3 Å². The molecule has 9 nitrogen and oxygen atoms in total. The number of anilines is 1. The average molecular weight is 685 g/mol. The Balaban J connectivity index is 1.87. The molecule has 1 N–H and O–H groups in total. The van der Waals surface area contributed by atoms with E-state index in [4.69, 9.17) is 32.7 Å². The molecule has 1 atom stereocenters. The molecule has 2 amide bonds. The lowest BCUT2D eigenvalue weighted by Crippen LogP contribution is -2.53. The molecule has 0 heterocycles. The van der Waals surface area contributed by atoms with Crippen molar-refractivity contribution < 1.29 is 27.5 Å². The maximum atomic E-state index is 14.5. The van der Waals surface area contributed by atoms with Gasteiger partial charge in [0.05, 0.1) is 24.8 Å². The van der Waals surface area contributed by atoms with Crippen LogP contribution in [0.5, 0.6) is 11.5 Å². The summed E-state index contributed by atoms with van der Waals surface area (Å²) in [6.07, 6.45) is 0.157. The SMILES string of the molecule is CNC(=O)[C@H](Cc1ccccc1)N(Cc1ccc(Cl)cc1Cl)C(=O)CN(c1cc(OC)ccc1OC)S(=O)(=O)c1ccc(C)cc1. The van der Waals surface area contributed by atoms with Crippen LogP contribution in [0.15, 0.2) is 95.9 Å². The Kier molecular flexibility index (Phi) is 11.6. The summed E-state index contributed by atoms with van der Waals surface area (Å²) in [6.45, 7) is 1.06. The van der Waals surface area contributed by atoms with Gasteiger partial charge in [-0.25, -0.2) is 8.42 Å². The van der Waals surface area contributed by atoms with Crippen molar-refractivity contribution in [3.63, 3.8) is 0 Å². The van der Waals surface area contributed by atoms with Gasteiger partial charge in [-0.15, -0.1) is 0 Å². The van der Waals surface area contributed by atoms with Gasteiger partial charge in [0.2, 0.25) is 11.8 Å². The number of halogens is 2. The second-order valence-corrected chi connectivity index (χ2v) is 13.1. The first kappa shape index (κ1) is 34.6. The normalized spacial score (nSPS) is 11.8. The van der Waals surface area contributed by atoms with E-state index in [1.165, 1.54) is 44.4 Å². The van der Waals surface area contributed by atoms with Gasteiger partial charge in [0.1, 0.15) is 24.1 Å². The zero-order valence-corrected chi connectivity index (χ0v) is 28.2. The fourth-order valence-electron chi connectivity index (χ4n) is 4.90. The van der Waals surface area contributed by atoms with Crippen LogP contribution >= 0.6 is 23.2 Å². The molecule has 0 spiro atoms. The summed E-state index contributed by atoms with van der Waals surface area (Å²) in [5.74, 6) is -0.543. The molecule has 4 aromatic carbocycles. The maximum Gasteiger partial charge on any atom is 0.264 e. The van der Waals surface area contributed by atoms with E-state index in [-0.39, 0.29) is 29.3 Å². The monoisotopic (exact) mass is 683 g/mol. The first-order chi connectivity index (χ1) is 22.0. The van der Waals surface area contributed by atoms with Crippen LogP contribution in [0, 0.1) is 6.92 Å². The lowest BCUT2D eigenvalue weighted by Gasteiger charge is -2.34. The van der Waals surface area contributed by atoms with Crippen molar-refractivity contribution in [1.82, 2.24) is 10.2 Å². The zero-order valence-electron chi connectivity index (χ0n) is 25.9. The number of hydrogen-bond donors (Lipinski definition) is 1. The Bertz CT molecular complexity index is 1790. The molecule has 4 rings (SSSR count). The number of rotatable bonds is 13. The van der Waals surface area contributed by atoms with Gasteiger partial charge in [0, 0.05) is 36.1 Å². The third-order valence-corrected chi connectivity index (χ3v) is 9.78. The molecule has 0 saturated heterocycles. The number of carbonyl (C=O) groups is 2. The summed E-state index contributed by atoms with van der Waals surface area (Å²) in [4.78, 5) is 29.3. The predicted molar refractivity (Wildman–Crippen MR) is 180 cm³/mol. The molecule has 242 valence electrons. The van der Waals surface area contributed by atoms with Crippen molar-refractivity contribution in [1.29, 1.82) is 0 Å². The first-order valence-electron chi connectivity index (χ1n) is 14.3. The molecule has 0 radical (unpaired) electrons. The van der Waals surface area contributed by atoms with Crippen LogP contribution in [0.25, 0.3) is 0 Å². The number of aryl methyl sites for hydroxylation is 1. The molecule has 0 aliphatic heterocycles. The number of methoxy groups -OCH3 is 2. The Morgan fingerprint density at radius 2 is 1.59 bits per heavy atom. The molecule has 0 unspecified atom stereocenters. The molecule has 0 aromatic heterocycles. The molecule has 4 aromatic rings. The number of benzene rings is 4. The molecular formula is C34H35Cl2N3O6S. The molecule has 0 fully saturated rings. The highest BCUT2D eigenvalue weighted by molar-refractivity contribution is 7.92. The lowest BCUT2D eigenvalue weighted by molar-refractivity contribution is -0.139. The van der Waals surface area contributed by atoms with Crippen LogP contribution in [-0.4, -0.2) is 59.0 Å². The summed E-state index contributed by atoms with van der Waals surface area (Å²) < 4.78 is 40.5. The summed E-state index contributed by atoms with van der Waals surface area (Å²) in [5.41, 5.74) is 2.27. The van der Waals surface area contributed by atoms with Crippen LogP contribution in [0.4, 0.5) is 5.69 Å². The van der Waals surface area contributed by atoms with Crippen LogP contribution in [0.1, 0.15) is 16.7 Å². The van der Waals surface area contributed by atoms with Crippen LogP contribution < -0.4 is 19.1 Å². The van der Waals surface area contributed by atoms with Crippen molar-refractivity contribution in [3.05, 3.63) is 118 Å². The highest BCUT2D eigenvalue weighted by Gasteiger charge is 2.35. The topological polar surface area (TPSA) is 105 Å². The van der Waals surface area contributed by atoms with Gasteiger partial charge in [-0.3, -0.25) is 13.9 Å². The van der Waals surface area contributed by atoms with E-state index < -0.39 is 34.4 Å². The fraction of sp³-hybridized carbons (Fsp3) is 0.235. The number of carbonyl (C=O) groups excluding carboxylic acids is 2. The van der Waals surface area contributed by atoms with Crippen LogP contribution in [0.3, 0.4) is 0 Å². The van der Waals surface area contributed by atoms with Crippen molar-refractivity contribution >= 4 is 50.7 Å². The number of ether oxygens (including phenoxy) is 2. The van der Waals surface area contributed by atoms with Gasteiger partial charge >= 0.3 is 0 Å². The highest BCUT2D eigenvalue weighted by Crippen LogP contribution is 2.36. The number of sulfonamides is 1. The number of nitrogens with zero attached hydrogens (tertiary/aromatic N) is 2. The third-order valence-electron chi connectivity index (χ3n) is 7.42. The van der Waals surface area contributed by atoms with Crippen molar-refractivity contribution in [2.24, 2.45) is 0 Å². The molecule has 0 aliphatic rings. The number of hydrogen-bond acceptors (Lipinski definition) is 6. The zero-order chi connectivity index (χ0) is 33.4. The Morgan fingerprint density at radius 3 is 2.20 bits per heavy atom. The minimum atomic E-state index is -4.35. The van der Waals surface area contributed by atoms with Gasteiger partial charge in [0.15, 0.2) is 0 Å². The van der Waals surface area contributed by atoms with E-state index in [9.17, 15) is 18.0 Å². The van der Waals surface area contributed by atoms with Gasteiger partial charge in [0.25, 0.3) is 10.0 Å². The van der Waals surface area contributed by atoms with E-state index in [1.54, 1.807) is 42.5 Å². The van der Waals surface area contributed by atoms with Gasteiger partial charge in [-0.2, -0.15) is 0 Å². The van der Waals surface area contributed by atoms with Gasteiger partial charge in [-0.05, 0) is 54.4 Å². The lowest BCUT2D eigenvalue weighted by atomic mass is 10.0. The van der Waals surface area contributed by atoms with Crippen LogP contribution in [-0.2, 0) is 32.6 Å².